The van der Waals surface area contributed by atoms with Crippen LogP contribution in [0.25, 0.3) is 22.1 Å². The monoisotopic (exact) mass is 362 g/mol. The zero-order valence-corrected chi connectivity index (χ0v) is 15.5. The van der Waals surface area contributed by atoms with Crippen molar-refractivity contribution in [3.63, 3.8) is 0 Å². The molecule has 0 spiro atoms. The lowest BCUT2D eigenvalue weighted by Crippen LogP contribution is -2.38. The number of carbonyl (C=O) groups is 1. The van der Waals surface area contributed by atoms with Crippen molar-refractivity contribution in [3.8, 4) is 11.1 Å². The van der Waals surface area contributed by atoms with Crippen LogP contribution >= 0.6 is 0 Å². The first-order valence-electron chi connectivity index (χ1n) is 9.10. The highest BCUT2D eigenvalue weighted by Crippen LogP contribution is 2.25. The van der Waals surface area contributed by atoms with E-state index in [0.717, 1.165) is 30.6 Å². The van der Waals surface area contributed by atoms with Gasteiger partial charge in [-0.1, -0.05) is 18.2 Å². The molecule has 1 fully saturated rings. The number of rotatable bonds is 3. The van der Waals surface area contributed by atoms with Crippen molar-refractivity contribution in [3.05, 3.63) is 70.6 Å². The maximum atomic E-state index is 12.9. The van der Waals surface area contributed by atoms with E-state index >= 15 is 0 Å². The molecule has 1 atom stereocenters. The molecule has 5 heteroatoms. The third-order valence-electron chi connectivity index (χ3n) is 5.34. The fraction of sp³-hybridized carbons (Fsp3) is 0.273. The van der Waals surface area contributed by atoms with E-state index in [-0.39, 0.29) is 17.4 Å². The molecule has 3 aromatic rings. The molecule has 4 rings (SSSR count). The van der Waals surface area contributed by atoms with Crippen LogP contribution in [0.2, 0.25) is 0 Å². The van der Waals surface area contributed by atoms with Gasteiger partial charge in [0.05, 0.1) is 11.6 Å². The van der Waals surface area contributed by atoms with E-state index < -0.39 is 0 Å². The Hall–Kier alpha value is -2.92. The number of hydrogen-bond acceptors (Lipinski definition) is 4. The Labute approximate surface area is 157 Å². The van der Waals surface area contributed by atoms with Gasteiger partial charge in [-0.15, -0.1) is 0 Å². The number of amides is 1. The number of hydrogen-bond donors (Lipinski definition) is 0. The number of likely N-dealkylation sites (tertiary alicyclic amines) is 1. The number of nitrogens with zero attached hydrogens (tertiary/aromatic N) is 2. The minimum Gasteiger partial charge on any atom is -0.464 e. The third kappa shape index (κ3) is 3.38. The smallest absolute Gasteiger partial charge is 0.253 e. The molecule has 1 amide bonds. The van der Waals surface area contributed by atoms with E-state index in [2.05, 4.69) is 11.9 Å². The molecule has 1 aliphatic rings. The van der Waals surface area contributed by atoms with Crippen molar-refractivity contribution in [2.45, 2.75) is 12.5 Å². The lowest BCUT2D eigenvalue weighted by atomic mass is 10.0. The van der Waals surface area contributed by atoms with Gasteiger partial charge in [0.2, 0.25) is 0 Å². The Kier molecular flexibility index (Phi) is 4.54. The van der Waals surface area contributed by atoms with Crippen molar-refractivity contribution in [2.75, 3.05) is 27.2 Å². The second-order valence-electron chi connectivity index (χ2n) is 7.20. The van der Waals surface area contributed by atoms with Gasteiger partial charge >= 0.3 is 0 Å². The van der Waals surface area contributed by atoms with Crippen LogP contribution in [-0.2, 0) is 0 Å². The summed E-state index contributed by atoms with van der Waals surface area (Å²) in [7, 11) is 3.96. The summed E-state index contributed by atoms with van der Waals surface area (Å²) in [5.74, 6) is 0.0319. The van der Waals surface area contributed by atoms with E-state index in [1.54, 1.807) is 6.07 Å². The molecule has 1 saturated heterocycles. The Balaban J connectivity index is 1.64. The molecule has 27 heavy (non-hydrogen) atoms. The molecular weight excluding hydrogens is 340 g/mol. The number of fused-ring (bicyclic) bond motifs is 1. The van der Waals surface area contributed by atoms with Gasteiger partial charge in [-0.3, -0.25) is 9.59 Å². The van der Waals surface area contributed by atoms with Crippen LogP contribution in [0.5, 0.6) is 0 Å². The lowest BCUT2D eigenvalue weighted by Gasteiger charge is -2.24. The summed E-state index contributed by atoms with van der Waals surface area (Å²) in [6.07, 6.45) is 2.41. The van der Waals surface area contributed by atoms with E-state index in [1.165, 1.54) is 12.3 Å². The van der Waals surface area contributed by atoms with Crippen LogP contribution in [0, 0.1) is 0 Å². The number of likely N-dealkylation sites (N-methyl/N-ethyl adjacent to an activating group) is 2. The lowest BCUT2D eigenvalue weighted by molar-refractivity contribution is 0.0737. The van der Waals surface area contributed by atoms with Gasteiger partial charge in [0.25, 0.3) is 5.91 Å². The van der Waals surface area contributed by atoms with E-state index in [9.17, 15) is 9.59 Å². The van der Waals surface area contributed by atoms with Crippen molar-refractivity contribution in [2.24, 2.45) is 0 Å². The largest absolute Gasteiger partial charge is 0.464 e. The van der Waals surface area contributed by atoms with E-state index in [1.807, 2.05) is 48.3 Å². The van der Waals surface area contributed by atoms with Gasteiger partial charge in [0.1, 0.15) is 5.58 Å². The topological polar surface area (TPSA) is 53.8 Å². The Morgan fingerprint density at radius 1 is 1.15 bits per heavy atom. The zero-order chi connectivity index (χ0) is 19.0. The molecule has 5 nitrogen and oxygen atoms in total. The van der Waals surface area contributed by atoms with Crippen LogP contribution in [-0.4, -0.2) is 48.9 Å². The zero-order valence-electron chi connectivity index (χ0n) is 15.5. The molecule has 0 bridgehead atoms. The quantitative estimate of drug-likeness (QED) is 0.718. The van der Waals surface area contributed by atoms with Crippen molar-refractivity contribution < 1.29 is 9.21 Å². The van der Waals surface area contributed by atoms with Crippen molar-refractivity contribution in [1.82, 2.24) is 9.80 Å². The van der Waals surface area contributed by atoms with Gasteiger partial charge in [0, 0.05) is 31.3 Å². The van der Waals surface area contributed by atoms with Gasteiger partial charge in [0.15, 0.2) is 5.43 Å². The van der Waals surface area contributed by atoms with Crippen LogP contribution in [0.1, 0.15) is 16.8 Å². The van der Waals surface area contributed by atoms with Gasteiger partial charge < -0.3 is 14.2 Å². The SMILES string of the molecule is CN1CC[C@@H](N(C)C(=O)c2cccc(-c3ccc4c(=O)ccoc4c3)c2)C1. The average Bonchev–Trinajstić information content (AvgIpc) is 3.13. The predicted octanol–water partition coefficient (Wildman–Crippen LogP) is 3.24. The molecule has 2 aromatic carbocycles. The first kappa shape index (κ1) is 17.5. The molecule has 0 saturated carbocycles. The summed E-state index contributed by atoms with van der Waals surface area (Å²) in [6, 6.07) is 14.8. The van der Waals surface area contributed by atoms with Crippen molar-refractivity contribution in [1.29, 1.82) is 0 Å². The molecule has 1 aromatic heterocycles. The normalized spacial score (nSPS) is 17.3. The molecular formula is C22H22N2O3. The minimum atomic E-state index is -0.0603. The second kappa shape index (κ2) is 7.00. The molecule has 0 unspecified atom stereocenters. The fourth-order valence-electron chi connectivity index (χ4n) is 3.69. The molecule has 0 N–H and O–H groups in total. The van der Waals surface area contributed by atoms with Gasteiger partial charge in [-0.05, 0) is 55.4 Å². The maximum absolute atomic E-state index is 12.9. The third-order valence-corrected chi connectivity index (χ3v) is 5.34. The highest BCUT2D eigenvalue weighted by Gasteiger charge is 2.27. The molecule has 2 heterocycles. The number of benzene rings is 2. The highest BCUT2D eigenvalue weighted by atomic mass is 16.3. The summed E-state index contributed by atoms with van der Waals surface area (Å²) in [5, 5.41) is 0.554. The van der Waals surface area contributed by atoms with Gasteiger partial charge in [-0.25, -0.2) is 0 Å². The predicted molar refractivity (Wildman–Crippen MR) is 106 cm³/mol. The molecule has 0 radical (unpaired) electrons. The summed E-state index contributed by atoms with van der Waals surface area (Å²) in [6.45, 7) is 1.93. The van der Waals surface area contributed by atoms with Gasteiger partial charge in [-0.2, -0.15) is 0 Å². The summed E-state index contributed by atoms with van der Waals surface area (Å²) >= 11 is 0. The van der Waals surface area contributed by atoms with E-state index in [4.69, 9.17) is 4.42 Å². The maximum Gasteiger partial charge on any atom is 0.253 e. The fourth-order valence-corrected chi connectivity index (χ4v) is 3.69. The van der Waals surface area contributed by atoms with Crippen LogP contribution in [0.15, 0.2) is 64.0 Å². The minimum absolute atomic E-state index is 0.0319. The summed E-state index contributed by atoms with van der Waals surface area (Å²) < 4.78 is 5.47. The Morgan fingerprint density at radius 2 is 1.96 bits per heavy atom. The standard InChI is InChI=1S/C22H22N2O3/c1-23-10-8-18(14-23)24(2)22(26)17-5-3-4-15(12-17)16-6-7-19-20(25)9-11-27-21(19)13-16/h3-7,9,11-13,18H,8,10,14H2,1-2H3/t18-/m1/s1. The van der Waals surface area contributed by atoms with Crippen LogP contribution in [0.3, 0.4) is 0 Å². The molecule has 1 aliphatic heterocycles. The van der Waals surface area contributed by atoms with Crippen molar-refractivity contribution >= 4 is 16.9 Å². The molecule has 138 valence electrons. The summed E-state index contributed by atoms with van der Waals surface area (Å²) in [4.78, 5) is 28.9. The summed E-state index contributed by atoms with van der Waals surface area (Å²) in [5.41, 5.74) is 2.98. The highest BCUT2D eigenvalue weighted by molar-refractivity contribution is 5.96. The second-order valence-corrected chi connectivity index (χ2v) is 7.20. The first-order valence-corrected chi connectivity index (χ1v) is 9.10. The molecule has 0 aliphatic carbocycles. The van der Waals surface area contributed by atoms with Crippen LogP contribution < -0.4 is 5.43 Å². The Bertz CT molecular complexity index is 1060. The Morgan fingerprint density at radius 3 is 2.74 bits per heavy atom. The first-order chi connectivity index (χ1) is 13.0. The van der Waals surface area contributed by atoms with E-state index in [0.29, 0.717) is 16.5 Å². The van der Waals surface area contributed by atoms with Crippen LogP contribution in [0.4, 0.5) is 0 Å². The number of carbonyl (C=O) groups excluding carboxylic acids is 1. The average molecular weight is 362 g/mol.